The molecule has 1 fully saturated rings. The minimum absolute atomic E-state index is 0.238. The average molecular weight is 331 g/mol. The van der Waals surface area contributed by atoms with E-state index in [9.17, 15) is 4.39 Å². The van der Waals surface area contributed by atoms with Crippen LogP contribution in [0, 0.1) is 5.82 Å². The fourth-order valence-corrected chi connectivity index (χ4v) is 3.54. The zero-order chi connectivity index (χ0) is 16.2. The van der Waals surface area contributed by atoms with Crippen molar-refractivity contribution in [1.82, 2.24) is 9.47 Å². The van der Waals surface area contributed by atoms with Crippen LogP contribution in [0.1, 0.15) is 37.4 Å². The molecule has 0 amide bonds. The molecule has 1 aromatic carbocycles. The molecule has 3 rings (SSSR count). The van der Waals surface area contributed by atoms with Crippen molar-refractivity contribution in [3.8, 4) is 0 Å². The molecule has 1 aliphatic rings. The van der Waals surface area contributed by atoms with Crippen LogP contribution < -0.4 is 5.32 Å². The molecule has 2 aromatic rings. The summed E-state index contributed by atoms with van der Waals surface area (Å²) < 4.78 is 15.2. The summed E-state index contributed by atoms with van der Waals surface area (Å²) in [6.45, 7) is 0.947. The Balaban J connectivity index is 1.80. The summed E-state index contributed by atoms with van der Waals surface area (Å²) in [6, 6.07) is 10.9. The van der Waals surface area contributed by atoms with Gasteiger partial charge in [-0.25, -0.2) is 4.39 Å². The summed E-state index contributed by atoms with van der Waals surface area (Å²) in [5, 5.41) is 3.97. The first-order valence-corrected chi connectivity index (χ1v) is 8.50. The van der Waals surface area contributed by atoms with Gasteiger partial charge in [0, 0.05) is 31.2 Å². The van der Waals surface area contributed by atoms with E-state index in [-0.39, 0.29) is 11.9 Å². The Labute approximate surface area is 142 Å². The van der Waals surface area contributed by atoms with Crippen molar-refractivity contribution in [1.29, 1.82) is 0 Å². The van der Waals surface area contributed by atoms with Gasteiger partial charge in [0.2, 0.25) is 0 Å². The number of likely N-dealkylation sites (tertiary alicyclic amines) is 1. The first kappa shape index (κ1) is 16.0. The molecule has 1 aromatic heterocycles. The number of nitrogens with zero attached hydrogens (tertiary/aromatic N) is 2. The molecule has 1 saturated heterocycles. The quantitative estimate of drug-likeness (QED) is 0.820. The molecule has 3 nitrogen and oxygen atoms in total. The molecule has 1 aliphatic heterocycles. The molecular weight excluding hydrogens is 309 g/mol. The van der Waals surface area contributed by atoms with Crippen LogP contribution in [0.5, 0.6) is 0 Å². The predicted molar refractivity (Wildman–Crippen MR) is 95.9 cm³/mol. The smallest absolute Gasteiger partial charge is 0.173 e. The number of rotatable bonds is 2. The zero-order valence-corrected chi connectivity index (χ0v) is 14.2. The van der Waals surface area contributed by atoms with Crippen molar-refractivity contribution in [2.45, 2.75) is 31.7 Å². The van der Waals surface area contributed by atoms with Crippen LogP contribution >= 0.6 is 12.2 Å². The summed E-state index contributed by atoms with van der Waals surface area (Å²) in [4.78, 5) is 2.28. The molecule has 2 heterocycles. The summed E-state index contributed by atoms with van der Waals surface area (Å²) in [5.41, 5.74) is 2.11. The maximum atomic E-state index is 13.1. The molecule has 23 heavy (non-hydrogen) atoms. The van der Waals surface area contributed by atoms with Gasteiger partial charge in [0.25, 0.3) is 0 Å². The summed E-state index contributed by atoms with van der Waals surface area (Å²) >= 11 is 5.66. The van der Waals surface area contributed by atoms with Crippen molar-refractivity contribution in [3.05, 3.63) is 54.1 Å². The number of aryl methyl sites for hydroxylation is 1. The van der Waals surface area contributed by atoms with Gasteiger partial charge in [-0.2, -0.15) is 0 Å². The molecule has 1 atom stereocenters. The standard InChI is InChI=1S/C18H22FN3S/c1-21-12-5-7-16(21)17-6-3-2-4-13-22(17)18(23)20-15-10-8-14(19)9-11-15/h5,7-12,17H,2-4,6,13H2,1H3,(H,20,23)/t17-/m0/s1. The lowest BCUT2D eigenvalue weighted by atomic mass is 10.1. The fourth-order valence-electron chi connectivity index (χ4n) is 3.21. The monoisotopic (exact) mass is 331 g/mol. The summed E-state index contributed by atoms with van der Waals surface area (Å²) in [7, 11) is 2.08. The number of benzene rings is 1. The Morgan fingerprint density at radius 2 is 1.96 bits per heavy atom. The van der Waals surface area contributed by atoms with Crippen molar-refractivity contribution >= 4 is 23.0 Å². The highest BCUT2D eigenvalue weighted by atomic mass is 32.1. The van der Waals surface area contributed by atoms with Crippen molar-refractivity contribution in [2.75, 3.05) is 11.9 Å². The normalized spacial score (nSPS) is 18.5. The largest absolute Gasteiger partial charge is 0.353 e. The Hall–Kier alpha value is -1.88. The highest BCUT2D eigenvalue weighted by Crippen LogP contribution is 2.30. The third kappa shape index (κ3) is 3.72. The molecule has 0 radical (unpaired) electrons. The van der Waals surface area contributed by atoms with Crippen molar-refractivity contribution in [3.63, 3.8) is 0 Å². The first-order valence-electron chi connectivity index (χ1n) is 8.09. The van der Waals surface area contributed by atoms with Crippen molar-refractivity contribution < 1.29 is 4.39 Å². The highest BCUT2D eigenvalue weighted by molar-refractivity contribution is 7.80. The number of aromatic nitrogens is 1. The molecule has 0 saturated carbocycles. The lowest BCUT2D eigenvalue weighted by molar-refractivity contribution is 0.315. The minimum atomic E-state index is -0.238. The lowest BCUT2D eigenvalue weighted by Gasteiger charge is -2.33. The average Bonchev–Trinajstić information content (AvgIpc) is 2.82. The Bertz CT molecular complexity index is 665. The van der Waals surface area contributed by atoms with Gasteiger partial charge in [-0.1, -0.05) is 12.8 Å². The van der Waals surface area contributed by atoms with Gasteiger partial charge >= 0.3 is 0 Å². The molecule has 0 aliphatic carbocycles. The van der Waals surface area contributed by atoms with Crippen LogP contribution in [-0.4, -0.2) is 21.1 Å². The van der Waals surface area contributed by atoms with Crippen LogP contribution in [0.2, 0.25) is 0 Å². The highest BCUT2D eigenvalue weighted by Gasteiger charge is 2.26. The molecule has 0 bridgehead atoms. The lowest BCUT2D eigenvalue weighted by Crippen LogP contribution is -2.38. The van der Waals surface area contributed by atoms with Crippen LogP contribution in [0.15, 0.2) is 42.6 Å². The van der Waals surface area contributed by atoms with E-state index >= 15 is 0 Å². The second-order valence-corrected chi connectivity index (χ2v) is 6.43. The van der Waals surface area contributed by atoms with E-state index < -0.39 is 0 Å². The number of thiocarbonyl (C=S) groups is 1. The van der Waals surface area contributed by atoms with Gasteiger partial charge in [0.1, 0.15) is 5.82 Å². The van der Waals surface area contributed by atoms with Crippen LogP contribution in [0.4, 0.5) is 10.1 Å². The first-order chi connectivity index (χ1) is 11.1. The third-order valence-electron chi connectivity index (χ3n) is 4.43. The third-order valence-corrected chi connectivity index (χ3v) is 4.77. The maximum Gasteiger partial charge on any atom is 0.173 e. The number of hydrogen-bond acceptors (Lipinski definition) is 1. The molecular formula is C18H22FN3S. The van der Waals surface area contributed by atoms with Gasteiger partial charge in [0.15, 0.2) is 5.11 Å². The Morgan fingerprint density at radius 1 is 1.17 bits per heavy atom. The molecule has 122 valence electrons. The Morgan fingerprint density at radius 3 is 2.65 bits per heavy atom. The van der Waals surface area contributed by atoms with E-state index in [0.717, 1.165) is 25.1 Å². The number of halogens is 1. The van der Waals surface area contributed by atoms with Crippen LogP contribution in [-0.2, 0) is 7.05 Å². The van der Waals surface area contributed by atoms with Crippen LogP contribution in [0.25, 0.3) is 0 Å². The second kappa shape index (κ2) is 7.13. The molecule has 0 unspecified atom stereocenters. The predicted octanol–water partition coefficient (Wildman–Crippen LogP) is 4.48. The van der Waals surface area contributed by atoms with E-state index in [1.165, 1.54) is 30.7 Å². The number of nitrogens with one attached hydrogen (secondary N) is 1. The van der Waals surface area contributed by atoms with Gasteiger partial charge in [-0.15, -0.1) is 0 Å². The van der Waals surface area contributed by atoms with Gasteiger partial charge in [0.05, 0.1) is 6.04 Å². The van der Waals surface area contributed by atoms with Gasteiger partial charge < -0.3 is 14.8 Å². The van der Waals surface area contributed by atoms with Gasteiger partial charge in [-0.3, -0.25) is 0 Å². The van der Waals surface area contributed by atoms with Crippen LogP contribution in [0.3, 0.4) is 0 Å². The summed E-state index contributed by atoms with van der Waals surface area (Å²) in [5.74, 6) is -0.238. The number of hydrogen-bond donors (Lipinski definition) is 1. The maximum absolute atomic E-state index is 13.1. The molecule has 0 spiro atoms. The molecule has 5 heteroatoms. The van der Waals surface area contributed by atoms with E-state index in [2.05, 4.69) is 40.2 Å². The van der Waals surface area contributed by atoms with E-state index in [4.69, 9.17) is 12.2 Å². The van der Waals surface area contributed by atoms with E-state index in [1.807, 2.05) is 0 Å². The Kier molecular flexibility index (Phi) is 4.96. The summed E-state index contributed by atoms with van der Waals surface area (Å²) in [6.07, 6.45) is 6.77. The van der Waals surface area contributed by atoms with E-state index in [0.29, 0.717) is 5.11 Å². The fraction of sp³-hybridized carbons (Fsp3) is 0.389. The van der Waals surface area contributed by atoms with Gasteiger partial charge in [-0.05, 0) is 61.5 Å². The number of anilines is 1. The topological polar surface area (TPSA) is 20.2 Å². The zero-order valence-electron chi connectivity index (χ0n) is 13.3. The van der Waals surface area contributed by atoms with E-state index in [1.54, 1.807) is 12.1 Å². The minimum Gasteiger partial charge on any atom is -0.353 e. The SMILES string of the molecule is Cn1cccc1[C@@H]1CCCCCN1C(=S)Nc1ccc(F)cc1. The molecule has 1 N–H and O–H groups in total. The van der Waals surface area contributed by atoms with Crippen molar-refractivity contribution in [2.24, 2.45) is 7.05 Å². The second-order valence-electron chi connectivity index (χ2n) is 6.04.